The second-order valence-electron chi connectivity index (χ2n) is 4.52. The fraction of sp³-hybridized carbons (Fsp3) is 0.143. The third kappa shape index (κ3) is 2.82. The van der Waals surface area contributed by atoms with Crippen molar-refractivity contribution in [2.75, 3.05) is 0 Å². The Morgan fingerprint density at radius 1 is 1.29 bits per heavy atom. The van der Waals surface area contributed by atoms with E-state index in [0.717, 1.165) is 5.56 Å². The summed E-state index contributed by atoms with van der Waals surface area (Å²) in [6.45, 7) is 0. The zero-order valence-corrected chi connectivity index (χ0v) is 11.7. The van der Waals surface area contributed by atoms with Gasteiger partial charge in [0.15, 0.2) is 0 Å². The number of hydrogen-bond donors (Lipinski definition) is 1. The van der Waals surface area contributed by atoms with Crippen LogP contribution >= 0.6 is 11.3 Å². The lowest BCUT2D eigenvalue weighted by Crippen LogP contribution is -2.19. The average Bonchev–Trinajstić information content (AvgIpc) is 2.82. The molecular weight excluding hydrogens is 290 g/mol. The van der Waals surface area contributed by atoms with Crippen LogP contribution in [0.4, 0.5) is 0 Å². The van der Waals surface area contributed by atoms with E-state index in [-0.39, 0.29) is 12.0 Å². The number of carboxylic acid groups (broad SMARTS) is 1. The van der Waals surface area contributed by atoms with Crippen LogP contribution in [-0.4, -0.2) is 25.7 Å². The summed E-state index contributed by atoms with van der Waals surface area (Å²) in [5.41, 5.74) is 1.41. The molecule has 106 valence electrons. The molecule has 21 heavy (non-hydrogen) atoms. The van der Waals surface area contributed by atoms with Crippen LogP contribution in [0.15, 0.2) is 40.5 Å². The Balaban J connectivity index is 2.04. The SMILES string of the molecule is O=C(O)Cc1csc2nc(=O)c(Cc3ccccc3)nn12. The van der Waals surface area contributed by atoms with Crippen molar-refractivity contribution < 1.29 is 9.90 Å². The molecule has 7 heteroatoms. The zero-order valence-electron chi connectivity index (χ0n) is 10.9. The van der Waals surface area contributed by atoms with Crippen LogP contribution < -0.4 is 5.56 Å². The lowest BCUT2D eigenvalue weighted by molar-refractivity contribution is -0.136. The third-order valence-corrected chi connectivity index (χ3v) is 3.83. The molecule has 3 aromatic rings. The molecule has 0 saturated carbocycles. The number of rotatable bonds is 4. The van der Waals surface area contributed by atoms with Gasteiger partial charge in [0.25, 0.3) is 5.56 Å². The van der Waals surface area contributed by atoms with Gasteiger partial charge in [-0.15, -0.1) is 11.3 Å². The Kier molecular flexibility index (Phi) is 3.49. The van der Waals surface area contributed by atoms with Crippen molar-refractivity contribution in [2.24, 2.45) is 0 Å². The maximum Gasteiger partial charge on any atom is 0.309 e. The van der Waals surface area contributed by atoms with Gasteiger partial charge in [-0.3, -0.25) is 9.59 Å². The van der Waals surface area contributed by atoms with Gasteiger partial charge in [-0.1, -0.05) is 30.3 Å². The van der Waals surface area contributed by atoms with Crippen molar-refractivity contribution >= 4 is 22.3 Å². The molecule has 0 radical (unpaired) electrons. The van der Waals surface area contributed by atoms with E-state index in [4.69, 9.17) is 5.11 Å². The number of carboxylic acids is 1. The molecule has 0 atom stereocenters. The number of aliphatic carboxylic acids is 1. The average molecular weight is 301 g/mol. The quantitative estimate of drug-likeness (QED) is 0.786. The van der Waals surface area contributed by atoms with Crippen LogP contribution in [0.1, 0.15) is 17.0 Å². The highest BCUT2D eigenvalue weighted by molar-refractivity contribution is 7.15. The first-order valence-corrected chi connectivity index (χ1v) is 7.13. The molecule has 0 saturated heterocycles. The van der Waals surface area contributed by atoms with E-state index in [0.29, 0.717) is 22.8 Å². The highest BCUT2D eigenvalue weighted by Gasteiger charge is 2.12. The molecule has 0 aliphatic carbocycles. The highest BCUT2D eigenvalue weighted by Crippen LogP contribution is 2.13. The molecule has 2 aromatic heterocycles. The highest BCUT2D eigenvalue weighted by atomic mass is 32.1. The molecular formula is C14H11N3O3S. The Bertz CT molecular complexity index is 855. The van der Waals surface area contributed by atoms with E-state index in [2.05, 4.69) is 10.1 Å². The minimum Gasteiger partial charge on any atom is -0.481 e. The summed E-state index contributed by atoms with van der Waals surface area (Å²) in [7, 11) is 0. The van der Waals surface area contributed by atoms with Gasteiger partial charge in [-0.2, -0.15) is 10.1 Å². The summed E-state index contributed by atoms with van der Waals surface area (Å²) in [5, 5.41) is 14.8. The lowest BCUT2D eigenvalue weighted by atomic mass is 10.1. The van der Waals surface area contributed by atoms with Crippen LogP contribution in [0.2, 0.25) is 0 Å². The molecule has 0 spiro atoms. The van der Waals surface area contributed by atoms with Crippen molar-refractivity contribution in [2.45, 2.75) is 12.8 Å². The largest absolute Gasteiger partial charge is 0.481 e. The van der Waals surface area contributed by atoms with Crippen molar-refractivity contribution in [1.82, 2.24) is 14.6 Å². The maximum atomic E-state index is 12.0. The summed E-state index contributed by atoms with van der Waals surface area (Å²) in [6, 6.07) is 9.48. The summed E-state index contributed by atoms with van der Waals surface area (Å²) < 4.78 is 1.44. The van der Waals surface area contributed by atoms with Gasteiger partial charge in [0.1, 0.15) is 5.69 Å². The van der Waals surface area contributed by atoms with E-state index in [1.807, 2.05) is 30.3 Å². The second kappa shape index (κ2) is 5.45. The van der Waals surface area contributed by atoms with Crippen molar-refractivity contribution in [3.05, 3.63) is 63.0 Å². The first-order valence-electron chi connectivity index (χ1n) is 6.25. The Morgan fingerprint density at radius 3 is 2.76 bits per heavy atom. The topological polar surface area (TPSA) is 84.6 Å². The second-order valence-corrected chi connectivity index (χ2v) is 5.35. The molecule has 1 N–H and O–H groups in total. The molecule has 1 aromatic carbocycles. The van der Waals surface area contributed by atoms with Gasteiger partial charge in [-0.25, -0.2) is 4.52 Å². The van der Waals surface area contributed by atoms with Crippen molar-refractivity contribution in [3.8, 4) is 0 Å². The summed E-state index contributed by atoms with van der Waals surface area (Å²) in [6.07, 6.45) is 0.223. The van der Waals surface area contributed by atoms with Gasteiger partial charge in [0.05, 0.1) is 12.1 Å². The van der Waals surface area contributed by atoms with E-state index in [1.54, 1.807) is 5.38 Å². The fourth-order valence-corrected chi connectivity index (χ4v) is 2.83. The minimum atomic E-state index is -0.945. The van der Waals surface area contributed by atoms with E-state index >= 15 is 0 Å². The molecule has 6 nitrogen and oxygen atoms in total. The smallest absolute Gasteiger partial charge is 0.309 e. The van der Waals surface area contributed by atoms with Crippen LogP contribution in [0, 0.1) is 0 Å². The number of aromatic nitrogens is 3. The van der Waals surface area contributed by atoms with Crippen molar-refractivity contribution in [3.63, 3.8) is 0 Å². The van der Waals surface area contributed by atoms with Gasteiger partial charge in [0, 0.05) is 11.8 Å². The molecule has 0 bridgehead atoms. The summed E-state index contributed by atoms with van der Waals surface area (Å²) in [5.74, 6) is -0.945. The number of carbonyl (C=O) groups is 1. The van der Waals surface area contributed by atoms with Gasteiger partial charge in [0.2, 0.25) is 4.96 Å². The molecule has 0 amide bonds. The first-order chi connectivity index (χ1) is 10.1. The summed E-state index contributed by atoms with van der Waals surface area (Å²) >= 11 is 1.21. The van der Waals surface area contributed by atoms with E-state index < -0.39 is 5.97 Å². The first kappa shape index (κ1) is 13.4. The molecule has 0 aliphatic rings. The van der Waals surface area contributed by atoms with Crippen molar-refractivity contribution in [1.29, 1.82) is 0 Å². The summed E-state index contributed by atoms with van der Waals surface area (Å²) in [4.78, 5) is 27.2. The standard InChI is InChI=1S/C14H11N3O3S/c18-12(19)7-10-8-21-14-15-13(20)11(16-17(10)14)6-9-4-2-1-3-5-9/h1-5,8H,6-7H2,(H,18,19). The maximum absolute atomic E-state index is 12.0. The molecule has 3 rings (SSSR count). The predicted octanol–water partition coefficient (Wildman–Crippen LogP) is 1.37. The monoisotopic (exact) mass is 301 g/mol. The number of benzene rings is 1. The van der Waals surface area contributed by atoms with Crippen LogP contribution in [-0.2, 0) is 17.6 Å². The van der Waals surface area contributed by atoms with Crippen LogP contribution in [0.25, 0.3) is 4.96 Å². The Morgan fingerprint density at radius 2 is 2.05 bits per heavy atom. The van der Waals surface area contributed by atoms with E-state index in [9.17, 15) is 9.59 Å². The molecule has 0 unspecified atom stereocenters. The number of fused-ring (bicyclic) bond motifs is 1. The zero-order chi connectivity index (χ0) is 14.8. The van der Waals surface area contributed by atoms with Gasteiger partial charge in [-0.05, 0) is 5.56 Å². The van der Waals surface area contributed by atoms with Gasteiger partial charge >= 0.3 is 5.97 Å². The Labute approximate surface area is 123 Å². The number of hydrogen-bond acceptors (Lipinski definition) is 5. The van der Waals surface area contributed by atoms with Crippen LogP contribution in [0.3, 0.4) is 0 Å². The Hall–Kier alpha value is -2.54. The van der Waals surface area contributed by atoms with Crippen LogP contribution in [0.5, 0.6) is 0 Å². The third-order valence-electron chi connectivity index (χ3n) is 2.97. The molecule has 0 aliphatic heterocycles. The molecule has 2 heterocycles. The number of nitrogens with zero attached hydrogens (tertiary/aromatic N) is 3. The van der Waals surface area contributed by atoms with E-state index in [1.165, 1.54) is 15.9 Å². The lowest BCUT2D eigenvalue weighted by Gasteiger charge is -2.02. The van der Waals surface area contributed by atoms with Gasteiger partial charge < -0.3 is 5.11 Å². The molecule has 0 fully saturated rings. The minimum absolute atomic E-state index is 0.150. The number of thiazole rings is 1. The predicted molar refractivity (Wildman–Crippen MR) is 77.7 cm³/mol. The fourth-order valence-electron chi connectivity index (χ4n) is 2.01. The normalized spacial score (nSPS) is 10.9.